The molecule has 3 nitrogen and oxygen atoms in total. The van der Waals surface area contributed by atoms with Gasteiger partial charge in [-0.3, -0.25) is 0 Å². The first kappa shape index (κ1) is 13.9. The van der Waals surface area contributed by atoms with Gasteiger partial charge in [0.15, 0.2) is 5.11 Å². The fourth-order valence-electron chi connectivity index (χ4n) is 1.43. The van der Waals surface area contributed by atoms with Crippen molar-refractivity contribution in [1.29, 1.82) is 0 Å². The smallest absolute Gasteiger partial charge is 0.170 e. The number of nitrogens with zero attached hydrogens (tertiary/aromatic N) is 1. The lowest BCUT2D eigenvalue weighted by atomic mass is 10.1. The molecule has 1 rings (SSSR count). The summed E-state index contributed by atoms with van der Waals surface area (Å²) in [5, 5.41) is 7.10. The molecular weight excluding hydrogens is 230 g/mol. The highest BCUT2D eigenvalue weighted by Gasteiger charge is 2.01. The van der Waals surface area contributed by atoms with Crippen molar-refractivity contribution in [3.63, 3.8) is 0 Å². The lowest BCUT2D eigenvalue weighted by molar-refractivity contribution is 0.413. The monoisotopic (exact) mass is 251 g/mol. The first-order valence-electron chi connectivity index (χ1n) is 5.76. The molecular formula is C13H21N3S. The lowest BCUT2D eigenvalue weighted by Gasteiger charge is -2.15. The third kappa shape index (κ3) is 5.15. The average molecular weight is 251 g/mol. The van der Waals surface area contributed by atoms with Gasteiger partial charge in [0.25, 0.3) is 0 Å². The highest BCUT2D eigenvalue weighted by molar-refractivity contribution is 7.80. The first-order chi connectivity index (χ1) is 7.99. The van der Waals surface area contributed by atoms with E-state index in [1.54, 1.807) is 0 Å². The molecule has 0 aromatic heterocycles. The summed E-state index contributed by atoms with van der Waals surface area (Å²) in [4.78, 5) is 2.12. The van der Waals surface area contributed by atoms with Gasteiger partial charge in [0.2, 0.25) is 0 Å². The molecule has 0 atom stereocenters. The minimum Gasteiger partial charge on any atom is -0.361 e. The van der Waals surface area contributed by atoms with Gasteiger partial charge in [-0.2, -0.15) is 0 Å². The molecule has 4 heteroatoms. The van der Waals surface area contributed by atoms with Crippen molar-refractivity contribution in [1.82, 2.24) is 10.2 Å². The van der Waals surface area contributed by atoms with E-state index in [0.717, 1.165) is 18.8 Å². The summed E-state index contributed by atoms with van der Waals surface area (Å²) in [5.41, 5.74) is 3.51. The van der Waals surface area contributed by atoms with Crippen molar-refractivity contribution >= 4 is 23.0 Å². The Bertz CT molecular complexity index is 388. The second-order valence-electron chi connectivity index (χ2n) is 4.50. The van der Waals surface area contributed by atoms with Crippen LogP contribution in [0.3, 0.4) is 0 Å². The number of hydrogen-bond acceptors (Lipinski definition) is 2. The summed E-state index contributed by atoms with van der Waals surface area (Å²) in [6, 6.07) is 6.30. The summed E-state index contributed by atoms with van der Waals surface area (Å²) in [5.74, 6) is 0. The zero-order chi connectivity index (χ0) is 12.8. The normalized spacial score (nSPS) is 10.4. The molecule has 1 aromatic carbocycles. The van der Waals surface area contributed by atoms with Gasteiger partial charge in [-0.05, 0) is 57.4 Å². The number of aryl methyl sites for hydroxylation is 2. The quantitative estimate of drug-likeness (QED) is 0.802. The van der Waals surface area contributed by atoms with Gasteiger partial charge in [0.1, 0.15) is 0 Å². The highest BCUT2D eigenvalue weighted by atomic mass is 32.1. The van der Waals surface area contributed by atoms with E-state index in [0.29, 0.717) is 5.11 Å². The van der Waals surface area contributed by atoms with Crippen LogP contribution in [0.5, 0.6) is 0 Å². The maximum Gasteiger partial charge on any atom is 0.170 e. The Labute approximate surface area is 109 Å². The molecule has 0 aliphatic carbocycles. The molecule has 94 valence electrons. The number of benzene rings is 1. The number of hydrogen-bond donors (Lipinski definition) is 2. The number of likely N-dealkylation sites (N-methyl/N-ethyl adjacent to an activating group) is 1. The van der Waals surface area contributed by atoms with E-state index in [1.165, 1.54) is 11.1 Å². The largest absolute Gasteiger partial charge is 0.361 e. The molecule has 0 saturated heterocycles. The Hall–Kier alpha value is -1.13. The second-order valence-corrected chi connectivity index (χ2v) is 4.91. The standard InChI is InChI=1S/C13H21N3S/c1-10-5-6-11(2)12(9-10)15-13(17)14-7-8-16(3)4/h5-6,9H,7-8H2,1-4H3,(H2,14,15,17). The summed E-state index contributed by atoms with van der Waals surface area (Å²) >= 11 is 5.25. The van der Waals surface area contributed by atoms with Crippen molar-refractivity contribution in [3.05, 3.63) is 29.3 Å². The van der Waals surface area contributed by atoms with Crippen LogP contribution in [-0.2, 0) is 0 Å². The third-order valence-electron chi connectivity index (χ3n) is 2.49. The van der Waals surface area contributed by atoms with Crippen LogP contribution in [0.2, 0.25) is 0 Å². The van der Waals surface area contributed by atoms with Crippen LogP contribution in [0.4, 0.5) is 5.69 Å². The molecule has 0 bridgehead atoms. The van der Waals surface area contributed by atoms with Gasteiger partial charge in [0.05, 0.1) is 0 Å². The molecule has 0 fully saturated rings. The highest BCUT2D eigenvalue weighted by Crippen LogP contribution is 2.15. The van der Waals surface area contributed by atoms with Crippen molar-refractivity contribution in [2.75, 3.05) is 32.5 Å². The van der Waals surface area contributed by atoms with Crippen molar-refractivity contribution in [2.45, 2.75) is 13.8 Å². The van der Waals surface area contributed by atoms with E-state index in [1.807, 2.05) is 14.1 Å². The molecule has 0 radical (unpaired) electrons. The lowest BCUT2D eigenvalue weighted by Crippen LogP contribution is -2.34. The van der Waals surface area contributed by atoms with Gasteiger partial charge < -0.3 is 15.5 Å². The molecule has 0 spiro atoms. The summed E-state index contributed by atoms with van der Waals surface area (Å²) in [7, 11) is 4.09. The third-order valence-corrected chi connectivity index (χ3v) is 2.73. The van der Waals surface area contributed by atoms with Crippen LogP contribution < -0.4 is 10.6 Å². The van der Waals surface area contributed by atoms with Gasteiger partial charge >= 0.3 is 0 Å². The Morgan fingerprint density at radius 2 is 2.00 bits per heavy atom. The van der Waals surface area contributed by atoms with E-state index in [9.17, 15) is 0 Å². The van der Waals surface area contributed by atoms with Crippen molar-refractivity contribution in [2.24, 2.45) is 0 Å². The fourth-order valence-corrected chi connectivity index (χ4v) is 1.64. The van der Waals surface area contributed by atoms with E-state index < -0.39 is 0 Å². The minimum absolute atomic E-state index is 0.681. The number of nitrogens with one attached hydrogen (secondary N) is 2. The molecule has 1 aromatic rings. The van der Waals surface area contributed by atoms with E-state index in [-0.39, 0.29) is 0 Å². The molecule has 0 saturated carbocycles. The topological polar surface area (TPSA) is 27.3 Å². The van der Waals surface area contributed by atoms with E-state index >= 15 is 0 Å². The van der Waals surface area contributed by atoms with Crippen LogP contribution in [0.1, 0.15) is 11.1 Å². The molecule has 17 heavy (non-hydrogen) atoms. The summed E-state index contributed by atoms with van der Waals surface area (Å²) < 4.78 is 0. The van der Waals surface area contributed by atoms with Crippen molar-refractivity contribution < 1.29 is 0 Å². The molecule has 0 heterocycles. The fraction of sp³-hybridized carbons (Fsp3) is 0.462. The van der Waals surface area contributed by atoms with E-state index in [2.05, 4.69) is 47.6 Å². The predicted molar refractivity (Wildman–Crippen MR) is 78.7 cm³/mol. The number of rotatable bonds is 4. The van der Waals surface area contributed by atoms with Crippen LogP contribution in [0.25, 0.3) is 0 Å². The molecule has 2 N–H and O–H groups in total. The van der Waals surface area contributed by atoms with Crippen LogP contribution in [-0.4, -0.2) is 37.2 Å². The molecule has 0 aliphatic heterocycles. The second kappa shape index (κ2) is 6.57. The van der Waals surface area contributed by atoms with Gasteiger partial charge in [-0.1, -0.05) is 12.1 Å². The van der Waals surface area contributed by atoms with Gasteiger partial charge in [-0.15, -0.1) is 0 Å². The first-order valence-corrected chi connectivity index (χ1v) is 6.16. The number of anilines is 1. The van der Waals surface area contributed by atoms with Gasteiger partial charge in [-0.25, -0.2) is 0 Å². The molecule has 0 amide bonds. The Morgan fingerprint density at radius 1 is 1.29 bits per heavy atom. The Balaban J connectivity index is 2.47. The van der Waals surface area contributed by atoms with Crippen LogP contribution in [0, 0.1) is 13.8 Å². The zero-order valence-corrected chi connectivity index (χ0v) is 11.8. The molecule has 0 unspecified atom stereocenters. The van der Waals surface area contributed by atoms with Crippen molar-refractivity contribution in [3.8, 4) is 0 Å². The van der Waals surface area contributed by atoms with E-state index in [4.69, 9.17) is 12.2 Å². The summed E-state index contributed by atoms with van der Waals surface area (Å²) in [6.07, 6.45) is 0. The average Bonchev–Trinajstić information content (AvgIpc) is 2.23. The van der Waals surface area contributed by atoms with Crippen LogP contribution >= 0.6 is 12.2 Å². The van der Waals surface area contributed by atoms with Gasteiger partial charge in [0, 0.05) is 18.8 Å². The maximum absolute atomic E-state index is 5.25. The SMILES string of the molecule is Cc1ccc(C)c(NC(=S)NCCN(C)C)c1. The summed E-state index contributed by atoms with van der Waals surface area (Å²) in [6.45, 7) is 5.97. The Morgan fingerprint density at radius 3 is 2.65 bits per heavy atom. The Kier molecular flexibility index (Phi) is 5.38. The maximum atomic E-state index is 5.25. The van der Waals surface area contributed by atoms with Crippen LogP contribution in [0.15, 0.2) is 18.2 Å². The molecule has 0 aliphatic rings. The minimum atomic E-state index is 0.681. The zero-order valence-electron chi connectivity index (χ0n) is 11.0. The number of thiocarbonyl (C=S) groups is 1. The predicted octanol–water partition coefficient (Wildman–Crippen LogP) is 2.15.